The summed E-state index contributed by atoms with van der Waals surface area (Å²) in [5.41, 5.74) is 0.582. The zero-order valence-corrected chi connectivity index (χ0v) is 14.6. The third-order valence-corrected chi connectivity index (χ3v) is 4.28. The Kier molecular flexibility index (Phi) is 7.35. The molecular weight excluding hydrogens is 324 g/mol. The summed E-state index contributed by atoms with van der Waals surface area (Å²) in [6, 6.07) is 8.92. The van der Waals surface area contributed by atoms with E-state index in [0.29, 0.717) is 10.7 Å². The molecule has 0 saturated heterocycles. The molecule has 0 atom stereocenters. The molecule has 0 bridgehead atoms. The van der Waals surface area contributed by atoms with Crippen LogP contribution in [0, 0.1) is 0 Å². The maximum absolute atomic E-state index is 11.9. The minimum Gasteiger partial charge on any atom is -0.352 e. The average molecular weight is 346 g/mol. The van der Waals surface area contributed by atoms with Gasteiger partial charge < -0.3 is 10.6 Å². The lowest BCUT2D eigenvalue weighted by molar-refractivity contribution is -0.116. The fraction of sp³-hybridized carbons (Fsp3) is 0.412. The third kappa shape index (κ3) is 6.08. The highest BCUT2D eigenvalue weighted by Crippen LogP contribution is 2.17. The van der Waals surface area contributed by atoms with Gasteiger partial charge in [-0.1, -0.05) is 49.3 Å². The fourth-order valence-electron chi connectivity index (χ4n) is 2.09. The molecule has 6 nitrogen and oxygen atoms in total. The van der Waals surface area contributed by atoms with Gasteiger partial charge in [0, 0.05) is 24.9 Å². The number of nitrogens with zero attached hydrogens (tertiary/aromatic N) is 2. The van der Waals surface area contributed by atoms with Crippen molar-refractivity contribution < 1.29 is 9.59 Å². The summed E-state index contributed by atoms with van der Waals surface area (Å²) in [5.74, 6) is -0.364. The summed E-state index contributed by atoms with van der Waals surface area (Å²) >= 11 is 1.41. The van der Waals surface area contributed by atoms with Gasteiger partial charge in [-0.05, 0) is 18.6 Å². The first-order valence-corrected chi connectivity index (χ1v) is 8.96. The first kappa shape index (κ1) is 18.1. The Morgan fingerprint density at radius 1 is 1.12 bits per heavy atom. The number of carbonyl (C=O) groups is 2. The van der Waals surface area contributed by atoms with Gasteiger partial charge in [0.1, 0.15) is 5.01 Å². The van der Waals surface area contributed by atoms with Crippen molar-refractivity contribution in [2.75, 3.05) is 11.9 Å². The number of nitrogens with one attached hydrogen (secondary N) is 2. The number of aromatic nitrogens is 2. The SMILES string of the molecule is CCCCCc1nnc(NC(=O)CCNC(=O)c2ccccc2)s1. The first-order chi connectivity index (χ1) is 11.7. The highest BCUT2D eigenvalue weighted by molar-refractivity contribution is 7.15. The van der Waals surface area contributed by atoms with Gasteiger partial charge >= 0.3 is 0 Å². The van der Waals surface area contributed by atoms with Crippen molar-refractivity contribution in [2.24, 2.45) is 0 Å². The van der Waals surface area contributed by atoms with Gasteiger partial charge in [-0.15, -0.1) is 10.2 Å². The predicted octanol–water partition coefficient (Wildman–Crippen LogP) is 3.03. The van der Waals surface area contributed by atoms with Gasteiger partial charge in [0.05, 0.1) is 0 Å². The first-order valence-electron chi connectivity index (χ1n) is 8.14. The van der Waals surface area contributed by atoms with Crippen LogP contribution >= 0.6 is 11.3 Å². The molecule has 0 fully saturated rings. The number of hydrogen-bond acceptors (Lipinski definition) is 5. The van der Waals surface area contributed by atoms with Crippen LogP contribution in [0.15, 0.2) is 30.3 Å². The second-order valence-electron chi connectivity index (χ2n) is 5.38. The number of rotatable bonds is 9. The Morgan fingerprint density at radius 2 is 1.92 bits per heavy atom. The molecule has 0 aliphatic rings. The summed E-state index contributed by atoms with van der Waals surface area (Å²) in [6.07, 6.45) is 4.52. The van der Waals surface area contributed by atoms with Crippen LogP contribution in [0.25, 0.3) is 0 Å². The van der Waals surface area contributed by atoms with Crippen LogP contribution in [0.4, 0.5) is 5.13 Å². The summed E-state index contributed by atoms with van der Waals surface area (Å²) < 4.78 is 0. The summed E-state index contributed by atoms with van der Waals surface area (Å²) in [6.45, 7) is 2.43. The maximum atomic E-state index is 11.9. The van der Waals surface area contributed by atoms with Crippen LogP contribution in [-0.4, -0.2) is 28.6 Å². The van der Waals surface area contributed by atoms with Gasteiger partial charge in [0.15, 0.2) is 0 Å². The molecule has 0 unspecified atom stereocenters. The second-order valence-corrected chi connectivity index (χ2v) is 6.44. The smallest absolute Gasteiger partial charge is 0.251 e. The Morgan fingerprint density at radius 3 is 2.67 bits per heavy atom. The summed E-state index contributed by atoms with van der Waals surface area (Å²) in [5, 5.41) is 14.9. The standard InChI is InChI=1S/C17H22N4O2S/c1-2-3-5-10-15-20-21-17(24-15)19-14(22)11-12-18-16(23)13-8-6-4-7-9-13/h4,6-9H,2-3,5,10-12H2,1H3,(H,18,23)(H,19,21,22). The minimum absolute atomic E-state index is 0.181. The molecule has 2 N–H and O–H groups in total. The quantitative estimate of drug-likeness (QED) is 0.684. The van der Waals surface area contributed by atoms with Crippen molar-refractivity contribution >= 4 is 28.3 Å². The largest absolute Gasteiger partial charge is 0.352 e. The Hall–Kier alpha value is -2.28. The van der Waals surface area contributed by atoms with Gasteiger partial charge in [-0.2, -0.15) is 0 Å². The number of amides is 2. The average Bonchev–Trinajstić information content (AvgIpc) is 3.03. The topological polar surface area (TPSA) is 84.0 Å². The maximum Gasteiger partial charge on any atom is 0.251 e. The van der Waals surface area contributed by atoms with Crippen LogP contribution < -0.4 is 10.6 Å². The molecular formula is C17H22N4O2S. The predicted molar refractivity (Wildman–Crippen MR) is 95.2 cm³/mol. The van der Waals surface area contributed by atoms with Crippen molar-refractivity contribution in [2.45, 2.75) is 39.0 Å². The van der Waals surface area contributed by atoms with Crippen molar-refractivity contribution in [1.82, 2.24) is 15.5 Å². The highest BCUT2D eigenvalue weighted by atomic mass is 32.1. The van der Waals surface area contributed by atoms with Crippen LogP contribution in [0.1, 0.15) is 48.0 Å². The highest BCUT2D eigenvalue weighted by Gasteiger charge is 2.09. The van der Waals surface area contributed by atoms with E-state index in [2.05, 4.69) is 27.8 Å². The van der Waals surface area contributed by atoms with Gasteiger partial charge in [-0.3, -0.25) is 9.59 Å². The van der Waals surface area contributed by atoms with Crippen molar-refractivity contribution in [3.05, 3.63) is 40.9 Å². The number of unbranched alkanes of at least 4 members (excludes halogenated alkanes) is 2. The number of aryl methyl sites for hydroxylation is 1. The lowest BCUT2D eigenvalue weighted by atomic mass is 10.2. The molecule has 1 aromatic heterocycles. The number of carbonyl (C=O) groups excluding carboxylic acids is 2. The molecule has 2 aromatic rings. The van der Waals surface area contributed by atoms with Crippen LogP contribution in [0.5, 0.6) is 0 Å². The number of anilines is 1. The minimum atomic E-state index is -0.183. The van der Waals surface area contributed by atoms with E-state index in [-0.39, 0.29) is 24.8 Å². The van der Waals surface area contributed by atoms with E-state index in [9.17, 15) is 9.59 Å². The normalized spacial score (nSPS) is 10.4. The summed E-state index contributed by atoms with van der Waals surface area (Å²) in [4.78, 5) is 23.7. The zero-order valence-electron chi connectivity index (χ0n) is 13.7. The molecule has 0 aliphatic heterocycles. The molecule has 0 saturated carbocycles. The number of hydrogen-bond donors (Lipinski definition) is 2. The van der Waals surface area contributed by atoms with Gasteiger partial charge in [0.2, 0.25) is 11.0 Å². The van der Waals surface area contributed by atoms with Crippen molar-refractivity contribution in [3.63, 3.8) is 0 Å². The van der Waals surface area contributed by atoms with Crippen molar-refractivity contribution in [1.29, 1.82) is 0 Å². The number of benzene rings is 1. The van der Waals surface area contributed by atoms with E-state index >= 15 is 0 Å². The zero-order chi connectivity index (χ0) is 17.2. The second kappa shape index (κ2) is 9.77. The summed E-state index contributed by atoms with van der Waals surface area (Å²) in [7, 11) is 0. The fourth-order valence-corrected chi connectivity index (χ4v) is 2.89. The molecule has 7 heteroatoms. The molecule has 1 heterocycles. The van der Waals surface area contributed by atoms with E-state index in [0.717, 1.165) is 24.3 Å². The van der Waals surface area contributed by atoms with Crippen molar-refractivity contribution in [3.8, 4) is 0 Å². The van der Waals surface area contributed by atoms with E-state index in [4.69, 9.17) is 0 Å². The Labute approximate surface area is 145 Å². The molecule has 128 valence electrons. The molecule has 2 amide bonds. The molecule has 24 heavy (non-hydrogen) atoms. The molecule has 0 aliphatic carbocycles. The van der Waals surface area contributed by atoms with E-state index < -0.39 is 0 Å². The lowest BCUT2D eigenvalue weighted by Gasteiger charge is -2.04. The van der Waals surface area contributed by atoms with E-state index in [1.807, 2.05) is 6.07 Å². The third-order valence-electron chi connectivity index (χ3n) is 3.38. The molecule has 2 rings (SSSR count). The molecule has 0 spiro atoms. The Bertz CT molecular complexity index is 658. The lowest BCUT2D eigenvalue weighted by Crippen LogP contribution is -2.27. The van der Waals surface area contributed by atoms with E-state index in [1.165, 1.54) is 17.8 Å². The molecule has 1 aromatic carbocycles. The van der Waals surface area contributed by atoms with Crippen LogP contribution in [0.2, 0.25) is 0 Å². The van der Waals surface area contributed by atoms with Crippen LogP contribution in [-0.2, 0) is 11.2 Å². The Balaban J connectivity index is 1.69. The van der Waals surface area contributed by atoms with E-state index in [1.54, 1.807) is 24.3 Å². The van der Waals surface area contributed by atoms with Gasteiger partial charge in [0.25, 0.3) is 5.91 Å². The molecule has 0 radical (unpaired) electrons. The van der Waals surface area contributed by atoms with Crippen LogP contribution in [0.3, 0.4) is 0 Å². The monoisotopic (exact) mass is 346 g/mol. The van der Waals surface area contributed by atoms with Gasteiger partial charge in [-0.25, -0.2) is 0 Å².